The lowest BCUT2D eigenvalue weighted by Crippen LogP contribution is -2.38. The highest BCUT2D eigenvalue weighted by Crippen LogP contribution is 2.35. The summed E-state index contributed by atoms with van der Waals surface area (Å²) < 4.78 is 60.1. The third-order valence-electron chi connectivity index (χ3n) is 4.51. The first kappa shape index (κ1) is 23.5. The minimum atomic E-state index is -4.24. The summed E-state index contributed by atoms with van der Waals surface area (Å²) >= 11 is 6.07. The minimum Gasteiger partial charge on any atom is -0.495 e. The van der Waals surface area contributed by atoms with Gasteiger partial charge >= 0.3 is 0 Å². The van der Waals surface area contributed by atoms with Gasteiger partial charge in [0.15, 0.2) is 0 Å². The minimum absolute atomic E-state index is 0.0234. The molecule has 168 valence electrons. The topological polar surface area (TPSA) is 75.7 Å². The molecule has 3 aromatic carbocycles. The van der Waals surface area contributed by atoms with E-state index in [1.165, 1.54) is 37.4 Å². The lowest BCUT2D eigenvalue weighted by Gasteiger charge is -2.26. The molecule has 0 radical (unpaired) electrons. The maximum atomic E-state index is 14.0. The van der Waals surface area contributed by atoms with Crippen molar-refractivity contribution in [2.45, 2.75) is 11.8 Å². The monoisotopic (exact) mass is 480 g/mol. The van der Waals surface area contributed by atoms with Gasteiger partial charge in [-0.1, -0.05) is 29.3 Å². The SMILES string of the molecule is COc1ccc(Cl)cc1N(CC(=O)Nc1ccc(F)cc1F)S(=O)(=O)c1ccc(C)cc1. The number of hydrogen-bond donors (Lipinski definition) is 1. The molecule has 3 rings (SSSR count). The van der Waals surface area contributed by atoms with Crippen molar-refractivity contribution in [2.24, 2.45) is 0 Å². The highest BCUT2D eigenvalue weighted by atomic mass is 35.5. The van der Waals surface area contributed by atoms with Gasteiger partial charge in [0.05, 0.1) is 23.4 Å². The first-order valence-corrected chi connectivity index (χ1v) is 11.1. The van der Waals surface area contributed by atoms with E-state index in [1.807, 2.05) is 0 Å². The molecule has 0 aliphatic heterocycles. The molecule has 6 nitrogen and oxygen atoms in total. The summed E-state index contributed by atoms with van der Waals surface area (Å²) in [6.07, 6.45) is 0. The molecule has 3 aromatic rings. The second-order valence-electron chi connectivity index (χ2n) is 6.81. The number of nitrogens with one attached hydrogen (secondary N) is 1. The number of hydrogen-bond acceptors (Lipinski definition) is 4. The lowest BCUT2D eigenvalue weighted by atomic mass is 10.2. The van der Waals surface area contributed by atoms with Gasteiger partial charge in [-0.15, -0.1) is 0 Å². The van der Waals surface area contributed by atoms with Gasteiger partial charge in [-0.3, -0.25) is 9.10 Å². The van der Waals surface area contributed by atoms with Gasteiger partial charge in [0.1, 0.15) is 23.9 Å². The molecular weight excluding hydrogens is 462 g/mol. The van der Waals surface area contributed by atoms with E-state index in [-0.39, 0.29) is 27.0 Å². The molecule has 1 N–H and O–H groups in total. The number of benzene rings is 3. The molecule has 0 unspecified atom stereocenters. The molecule has 0 aliphatic carbocycles. The third-order valence-corrected chi connectivity index (χ3v) is 6.52. The van der Waals surface area contributed by atoms with E-state index < -0.39 is 34.1 Å². The van der Waals surface area contributed by atoms with Crippen LogP contribution in [-0.4, -0.2) is 28.0 Å². The Hall–Kier alpha value is -3.17. The Morgan fingerprint density at radius 1 is 1.06 bits per heavy atom. The Morgan fingerprint density at radius 3 is 2.38 bits per heavy atom. The molecule has 0 bridgehead atoms. The van der Waals surface area contributed by atoms with Crippen molar-refractivity contribution in [1.29, 1.82) is 0 Å². The maximum Gasteiger partial charge on any atom is 0.264 e. The zero-order valence-electron chi connectivity index (χ0n) is 17.1. The number of rotatable bonds is 7. The van der Waals surface area contributed by atoms with Gasteiger partial charge in [0.25, 0.3) is 10.0 Å². The van der Waals surface area contributed by atoms with Crippen molar-refractivity contribution in [3.05, 3.63) is 82.9 Å². The van der Waals surface area contributed by atoms with Crippen molar-refractivity contribution in [1.82, 2.24) is 0 Å². The molecule has 0 heterocycles. The van der Waals surface area contributed by atoms with Crippen LogP contribution in [-0.2, 0) is 14.8 Å². The summed E-state index contributed by atoms with van der Waals surface area (Å²) in [6.45, 7) is 1.09. The van der Waals surface area contributed by atoms with Crippen LogP contribution in [0.3, 0.4) is 0 Å². The van der Waals surface area contributed by atoms with E-state index in [0.717, 1.165) is 22.0 Å². The number of aryl methyl sites for hydroxylation is 1. The van der Waals surface area contributed by atoms with Crippen molar-refractivity contribution in [3.63, 3.8) is 0 Å². The smallest absolute Gasteiger partial charge is 0.264 e. The molecular formula is C22H19ClF2N2O4S. The van der Waals surface area contributed by atoms with Gasteiger partial charge < -0.3 is 10.1 Å². The molecule has 0 saturated heterocycles. The summed E-state index contributed by atoms with van der Waals surface area (Å²) in [4.78, 5) is 12.6. The molecule has 32 heavy (non-hydrogen) atoms. The first-order valence-electron chi connectivity index (χ1n) is 9.29. The summed E-state index contributed by atoms with van der Waals surface area (Å²) in [5.41, 5.74) is 0.581. The van der Waals surface area contributed by atoms with Gasteiger partial charge in [-0.25, -0.2) is 17.2 Å². The molecule has 0 fully saturated rings. The van der Waals surface area contributed by atoms with Crippen LogP contribution >= 0.6 is 11.6 Å². The molecule has 0 saturated carbocycles. The zero-order valence-corrected chi connectivity index (χ0v) is 18.7. The standard InChI is InChI=1S/C22H19ClF2N2O4S/c1-14-3-7-17(8-4-14)32(29,30)27(20-11-15(23)5-10-21(20)31-2)13-22(28)26-19-9-6-16(24)12-18(19)25/h3-12H,13H2,1-2H3,(H,26,28). The number of methoxy groups -OCH3 is 1. The van der Waals surface area contributed by atoms with Crippen molar-refractivity contribution < 1.29 is 26.7 Å². The van der Waals surface area contributed by atoms with Crippen LogP contribution in [0.5, 0.6) is 5.75 Å². The van der Waals surface area contributed by atoms with Crippen LogP contribution in [0.4, 0.5) is 20.2 Å². The van der Waals surface area contributed by atoms with E-state index >= 15 is 0 Å². The van der Waals surface area contributed by atoms with Gasteiger partial charge in [-0.05, 0) is 49.4 Å². The molecule has 0 aliphatic rings. The van der Waals surface area contributed by atoms with Crippen LogP contribution in [0.1, 0.15) is 5.56 Å². The van der Waals surface area contributed by atoms with Crippen LogP contribution in [0, 0.1) is 18.6 Å². The number of anilines is 2. The van der Waals surface area contributed by atoms with Gasteiger partial charge in [0, 0.05) is 11.1 Å². The Kier molecular flexibility index (Phi) is 7.00. The fourth-order valence-corrected chi connectivity index (χ4v) is 4.50. The lowest BCUT2D eigenvalue weighted by molar-refractivity contribution is -0.114. The van der Waals surface area contributed by atoms with Crippen LogP contribution in [0.15, 0.2) is 65.6 Å². The molecule has 0 aromatic heterocycles. The predicted octanol–water partition coefficient (Wildman–Crippen LogP) is 4.77. The van der Waals surface area contributed by atoms with Crippen LogP contribution < -0.4 is 14.4 Å². The fourth-order valence-electron chi connectivity index (χ4n) is 2.91. The summed E-state index contributed by atoms with van der Waals surface area (Å²) in [5, 5.41) is 2.48. The highest BCUT2D eigenvalue weighted by Gasteiger charge is 2.30. The molecule has 10 heteroatoms. The number of halogens is 3. The Balaban J connectivity index is 2.03. The van der Waals surface area contributed by atoms with Crippen molar-refractivity contribution in [3.8, 4) is 5.75 Å². The van der Waals surface area contributed by atoms with Gasteiger partial charge in [-0.2, -0.15) is 0 Å². The van der Waals surface area contributed by atoms with E-state index in [1.54, 1.807) is 19.1 Å². The van der Waals surface area contributed by atoms with E-state index in [9.17, 15) is 22.0 Å². The summed E-state index contributed by atoms with van der Waals surface area (Å²) in [5.74, 6) is -2.50. The number of nitrogens with zero attached hydrogens (tertiary/aromatic N) is 1. The number of carbonyl (C=O) groups is 1. The number of amides is 1. The second kappa shape index (κ2) is 9.54. The van der Waals surface area contributed by atoms with E-state index in [2.05, 4.69) is 5.32 Å². The average Bonchev–Trinajstić information content (AvgIpc) is 2.74. The van der Waals surface area contributed by atoms with E-state index in [4.69, 9.17) is 16.3 Å². The Labute approximate surface area is 189 Å². The largest absolute Gasteiger partial charge is 0.495 e. The quantitative estimate of drug-likeness (QED) is 0.528. The van der Waals surface area contributed by atoms with Crippen molar-refractivity contribution in [2.75, 3.05) is 23.3 Å². The fraction of sp³-hybridized carbons (Fsp3) is 0.136. The zero-order chi connectivity index (χ0) is 23.5. The second-order valence-corrected chi connectivity index (χ2v) is 9.11. The van der Waals surface area contributed by atoms with Crippen LogP contribution in [0.2, 0.25) is 5.02 Å². The number of carbonyl (C=O) groups excluding carboxylic acids is 1. The van der Waals surface area contributed by atoms with Crippen LogP contribution in [0.25, 0.3) is 0 Å². The molecule has 0 spiro atoms. The third kappa shape index (κ3) is 5.17. The van der Waals surface area contributed by atoms with Gasteiger partial charge in [0.2, 0.25) is 5.91 Å². The maximum absolute atomic E-state index is 14.0. The Morgan fingerprint density at radius 2 is 1.75 bits per heavy atom. The van der Waals surface area contributed by atoms with Crippen molar-refractivity contribution >= 4 is 38.9 Å². The summed E-state index contributed by atoms with van der Waals surface area (Å²) in [6, 6.07) is 13.0. The van der Waals surface area contributed by atoms with E-state index in [0.29, 0.717) is 6.07 Å². The average molecular weight is 481 g/mol. The molecule has 1 amide bonds. The number of sulfonamides is 1. The highest BCUT2D eigenvalue weighted by molar-refractivity contribution is 7.92. The predicted molar refractivity (Wildman–Crippen MR) is 119 cm³/mol. The molecule has 0 atom stereocenters. The number of ether oxygens (including phenoxy) is 1. The first-order chi connectivity index (χ1) is 15.1. The Bertz CT molecular complexity index is 1250. The normalized spacial score (nSPS) is 11.2. The summed E-state index contributed by atoms with van der Waals surface area (Å²) in [7, 11) is -2.90.